The maximum absolute atomic E-state index is 12.1. The van der Waals surface area contributed by atoms with E-state index in [1.807, 2.05) is 49.4 Å². The number of esters is 1. The molecule has 0 aliphatic rings. The van der Waals surface area contributed by atoms with Gasteiger partial charge in [-0.3, -0.25) is 0 Å². The number of ether oxygens (including phenoxy) is 1. The highest BCUT2D eigenvalue weighted by Gasteiger charge is 2.14. The van der Waals surface area contributed by atoms with Gasteiger partial charge in [0.1, 0.15) is 18.1 Å². The molecular weight excluding hydrogens is 405 g/mol. The van der Waals surface area contributed by atoms with Crippen molar-refractivity contribution in [2.75, 3.05) is 0 Å². The molecule has 1 aromatic heterocycles. The standard InChI is InChI=1S/C18H14INO3/c1-12-16(20-17(23-12)13-6-3-2-4-7-13)11-22-18(21)14-8-5-9-15(19)10-14/h2-10H,11H2,1H3. The van der Waals surface area contributed by atoms with Crippen LogP contribution < -0.4 is 0 Å². The molecule has 3 aromatic rings. The van der Waals surface area contributed by atoms with Gasteiger partial charge in [0.25, 0.3) is 0 Å². The SMILES string of the molecule is Cc1oc(-c2ccccc2)nc1COC(=O)c1cccc(I)c1. The summed E-state index contributed by atoms with van der Waals surface area (Å²) in [5.74, 6) is 0.815. The third-order valence-electron chi connectivity index (χ3n) is 3.31. The van der Waals surface area contributed by atoms with Crippen LogP contribution in [0.1, 0.15) is 21.8 Å². The van der Waals surface area contributed by atoms with Gasteiger partial charge in [-0.2, -0.15) is 0 Å². The minimum atomic E-state index is -0.368. The molecule has 0 aliphatic heterocycles. The largest absolute Gasteiger partial charge is 0.455 e. The Hall–Kier alpha value is -2.15. The quantitative estimate of drug-likeness (QED) is 0.458. The maximum Gasteiger partial charge on any atom is 0.338 e. The number of aryl methyl sites for hydroxylation is 1. The molecule has 0 N–H and O–H groups in total. The van der Waals surface area contributed by atoms with Crippen LogP contribution in [-0.4, -0.2) is 11.0 Å². The second kappa shape index (κ2) is 6.95. The highest BCUT2D eigenvalue weighted by Crippen LogP contribution is 2.22. The molecule has 0 aliphatic carbocycles. The van der Waals surface area contributed by atoms with Gasteiger partial charge in [0, 0.05) is 9.13 Å². The van der Waals surface area contributed by atoms with E-state index >= 15 is 0 Å². The lowest BCUT2D eigenvalue weighted by molar-refractivity contribution is 0.0467. The van der Waals surface area contributed by atoms with Crippen LogP contribution in [0.15, 0.2) is 59.0 Å². The second-order valence-electron chi connectivity index (χ2n) is 4.97. The summed E-state index contributed by atoms with van der Waals surface area (Å²) in [6, 6.07) is 16.9. The van der Waals surface area contributed by atoms with Crippen LogP contribution in [0.3, 0.4) is 0 Å². The van der Waals surface area contributed by atoms with Gasteiger partial charge in [0.15, 0.2) is 0 Å². The van der Waals surface area contributed by atoms with Gasteiger partial charge < -0.3 is 9.15 Å². The van der Waals surface area contributed by atoms with Crippen LogP contribution in [0, 0.1) is 10.5 Å². The highest BCUT2D eigenvalue weighted by atomic mass is 127. The molecule has 116 valence electrons. The first-order valence-electron chi connectivity index (χ1n) is 7.08. The first-order valence-corrected chi connectivity index (χ1v) is 8.16. The predicted octanol–water partition coefficient (Wildman–Crippen LogP) is 4.61. The molecule has 1 heterocycles. The van der Waals surface area contributed by atoms with E-state index in [0.29, 0.717) is 22.9 Å². The number of hydrogen-bond donors (Lipinski definition) is 0. The minimum Gasteiger partial charge on any atom is -0.455 e. The van der Waals surface area contributed by atoms with Gasteiger partial charge in [-0.15, -0.1) is 0 Å². The van der Waals surface area contributed by atoms with Crippen LogP contribution in [0.5, 0.6) is 0 Å². The van der Waals surface area contributed by atoms with Crippen LogP contribution in [0.25, 0.3) is 11.5 Å². The first-order chi connectivity index (χ1) is 11.1. The minimum absolute atomic E-state index is 0.0898. The zero-order chi connectivity index (χ0) is 16.2. The van der Waals surface area contributed by atoms with Crippen LogP contribution in [0.2, 0.25) is 0 Å². The number of benzene rings is 2. The molecule has 0 bridgehead atoms. The molecule has 0 atom stereocenters. The zero-order valence-corrected chi connectivity index (χ0v) is 14.6. The molecule has 3 rings (SSSR count). The Morgan fingerprint density at radius 1 is 1.17 bits per heavy atom. The normalized spacial score (nSPS) is 10.5. The summed E-state index contributed by atoms with van der Waals surface area (Å²) in [4.78, 5) is 16.5. The zero-order valence-electron chi connectivity index (χ0n) is 12.5. The summed E-state index contributed by atoms with van der Waals surface area (Å²) >= 11 is 2.16. The lowest BCUT2D eigenvalue weighted by Gasteiger charge is -2.03. The summed E-state index contributed by atoms with van der Waals surface area (Å²) in [5, 5.41) is 0. The van der Waals surface area contributed by atoms with Crippen molar-refractivity contribution in [2.24, 2.45) is 0 Å². The van der Waals surface area contributed by atoms with E-state index in [-0.39, 0.29) is 12.6 Å². The van der Waals surface area contributed by atoms with Gasteiger partial charge in [-0.05, 0) is 59.8 Å². The number of carbonyl (C=O) groups is 1. The van der Waals surface area contributed by atoms with Crippen molar-refractivity contribution in [2.45, 2.75) is 13.5 Å². The van der Waals surface area contributed by atoms with E-state index in [4.69, 9.17) is 9.15 Å². The Morgan fingerprint density at radius 3 is 2.70 bits per heavy atom. The van der Waals surface area contributed by atoms with Gasteiger partial charge in [-0.1, -0.05) is 24.3 Å². The fourth-order valence-corrected chi connectivity index (χ4v) is 2.64. The average molecular weight is 419 g/mol. The Labute approximate surface area is 147 Å². The molecule has 0 amide bonds. The topological polar surface area (TPSA) is 52.3 Å². The molecule has 0 saturated carbocycles. The number of carbonyl (C=O) groups excluding carboxylic acids is 1. The molecule has 0 radical (unpaired) electrons. The molecule has 0 spiro atoms. The maximum atomic E-state index is 12.1. The van der Waals surface area contributed by atoms with E-state index in [2.05, 4.69) is 27.6 Å². The lowest BCUT2D eigenvalue weighted by Crippen LogP contribution is -2.06. The van der Waals surface area contributed by atoms with Crippen molar-refractivity contribution in [1.29, 1.82) is 0 Å². The van der Waals surface area contributed by atoms with Crippen LogP contribution in [-0.2, 0) is 11.3 Å². The van der Waals surface area contributed by atoms with E-state index < -0.39 is 0 Å². The predicted molar refractivity (Wildman–Crippen MR) is 95.0 cm³/mol. The molecule has 23 heavy (non-hydrogen) atoms. The Morgan fingerprint density at radius 2 is 1.96 bits per heavy atom. The summed E-state index contributed by atoms with van der Waals surface area (Å²) < 4.78 is 12.0. The third-order valence-corrected chi connectivity index (χ3v) is 3.98. The molecule has 0 saturated heterocycles. The van der Waals surface area contributed by atoms with Crippen LogP contribution >= 0.6 is 22.6 Å². The Balaban J connectivity index is 1.71. The van der Waals surface area contributed by atoms with E-state index in [1.165, 1.54) is 0 Å². The van der Waals surface area contributed by atoms with Gasteiger partial charge in [-0.25, -0.2) is 9.78 Å². The number of halogens is 1. The lowest BCUT2D eigenvalue weighted by atomic mass is 10.2. The average Bonchev–Trinajstić information content (AvgIpc) is 2.94. The molecule has 2 aromatic carbocycles. The molecule has 5 heteroatoms. The van der Waals surface area contributed by atoms with E-state index in [0.717, 1.165) is 9.13 Å². The van der Waals surface area contributed by atoms with Crippen molar-refractivity contribution < 1.29 is 13.9 Å². The summed E-state index contributed by atoms with van der Waals surface area (Å²) in [7, 11) is 0. The van der Waals surface area contributed by atoms with Crippen molar-refractivity contribution in [1.82, 2.24) is 4.98 Å². The molecule has 0 unspecified atom stereocenters. The molecular formula is C18H14INO3. The van der Waals surface area contributed by atoms with Gasteiger partial charge in [0.05, 0.1) is 5.56 Å². The van der Waals surface area contributed by atoms with E-state index in [9.17, 15) is 4.79 Å². The number of aromatic nitrogens is 1. The van der Waals surface area contributed by atoms with Crippen molar-refractivity contribution in [3.8, 4) is 11.5 Å². The second-order valence-corrected chi connectivity index (χ2v) is 6.22. The fourth-order valence-electron chi connectivity index (χ4n) is 2.10. The Kier molecular flexibility index (Phi) is 4.76. The Bertz CT molecular complexity index is 827. The highest BCUT2D eigenvalue weighted by molar-refractivity contribution is 14.1. The smallest absolute Gasteiger partial charge is 0.338 e. The number of oxazole rings is 1. The number of nitrogens with zero attached hydrogens (tertiary/aromatic N) is 1. The fraction of sp³-hybridized carbons (Fsp3) is 0.111. The third kappa shape index (κ3) is 3.79. The number of rotatable bonds is 4. The monoisotopic (exact) mass is 419 g/mol. The number of hydrogen-bond acceptors (Lipinski definition) is 4. The summed E-state index contributed by atoms with van der Waals surface area (Å²) in [6.45, 7) is 1.90. The molecule has 4 nitrogen and oxygen atoms in total. The first kappa shape index (κ1) is 15.7. The van der Waals surface area contributed by atoms with Gasteiger partial charge >= 0.3 is 5.97 Å². The summed E-state index contributed by atoms with van der Waals surface area (Å²) in [6.07, 6.45) is 0. The summed E-state index contributed by atoms with van der Waals surface area (Å²) in [5.41, 5.74) is 2.05. The molecule has 0 fully saturated rings. The van der Waals surface area contributed by atoms with Crippen molar-refractivity contribution >= 4 is 28.6 Å². The van der Waals surface area contributed by atoms with E-state index in [1.54, 1.807) is 12.1 Å². The van der Waals surface area contributed by atoms with Crippen molar-refractivity contribution in [3.05, 3.63) is 75.2 Å². The van der Waals surface area contributed by atoms with Gasteiger partial charge in [0.2, 0.25) is 5.89 Å². The van der Waals surface area contributed by atoms with Crippen LogP contribution in [0.4, 0.5) is 0 Å². The van der Waals surface area contributed by atoms with Crippen molar-refractivity contribution in [3.63, 3.8) is 0 Å².